The highest BCUT2D eigenvalue weighted by Gasteiger charge is 2.26. The number of hydrogen-bond acceptors (Lipinski definition) is 3. The molecule has 1 amide bonds. The van der Waals surface area contributed by atoms with Crippen molar-refractivity contribution < 1.29 is 14.7 Å². The zero-order chi connectivity index (χ0) is 13.0. The Kier molecular flexibility index (Phi) is 4.58. The van der Waals surface area contributed by atoms with Crippen LogP contribution >= 0.6 is 0 Å². The third-order valence-electron chi connectivity index (χ3n) is 3.68. The summed E-state index contributed by atoms with van der Waals surface area (Å²) in [4.78, 5) is 24.4. The average Bonchev–Trinajstić information content (AvgIpc) is 3.10. The molecule has 2 rings (SSSR count). The lowest BCUT2D eigenvalue weighted by atomic mass is 9.93. The molecule has 2 fully saturated rings. The van der Waals surface area contributed by atoms with Gasteiger partial charge in [-0.3, -0.25) is 14.5 Å². The molecule has 0 aromatic heterocycles. The Morgan fingerprint density at radius 2 is 2.06 bits per heavy atom. The van der Waals surface area contributed by atoms with Crippen LogP contribution in [-0.2, 0) is 9.59 Å². The summed E-state index contributed by atoms with van der Waals surface area (Å²) in [5.41, 5.74) is 0. The van der Waals surface area contributed by atoms with E-state index in [9.17, 15) is 9.59 Å². The molecule has 2 N–H and O–H groups in total. The third-order valence-corrected chi connectivity index (χ3v) is 3.68. The maximum atomic E-state index is 11.7. The molecular formula is C13H22N2O3. The van der Waals surface area contributed by atoms with Crippen molar-refractivity contribution in [1.29, 1.82) is 0 Å². The van der Waals surface area contributed by atoms with Gasteiger partial charge < -0.3 is 10.4 Å². The Balaban J connectivity index is 1.68. The van der Waals surface area contributed by atoms with Gasteiger partial charge in [-0.05, 0) is 44.6 Å². The number of carboxylic acids is 1. The van der Waals surface area contributed by atoms with Gasteiger partial charge in [-0.2, -0.15) is 0 Å². The quantitative estimate of drug-likeness (QED) is 0.737. The predicted octanol–water partition coefficient (Wildman–Crippen LogP) is 0.842. The minimum absolute atomic E-state index is 0.122. The Morgan fingerprint density at radius 1 is 1.28 bits per heavy atom. The number of carbonyl (C=O) groups excluding carboxylic acids is 1. The number of aliphatic carboxylic acids is 1. The lowest BCUT2D eigenvalue weighted by Gasteiger charge is -2.32. The lowest BCUT2D eigenvalue weighted by Crippen LogP contribution is -2.43. The number of rotatable bonds is 6. The number of carbonyl (C=O) groups is 2. The first-order chi connectivity index (χ1) is 8.63. The van der Waals surface area contributed by atoms with Gasteiger partial charge in [0.2, 0.25) is 5.91 Å². The van der Waals surface area contributed by atoms with Crippen LogP contribution in [0.4, 0.5) is 0 Å². The molecule has 1 atom stereocenters. The van der Waals surface area contributed by atoms with Crippen LogP contribution in [0.2, 0.25) is 0 Å². The minimum Gasteiger partial charge on any atom is -0.481 e. The molecule has 1 aliphatic carbocycles. The Hall–Kier alpha value is -1.10. The van der Waals surface area contributed by atoms with Gasteiger partial charge in [0, 0.05) is 19.0 Å². The maximum Gasteiger partial charge on any atom is 0.303 e. The van der Waals surface area contributed by atoms with Crippen molar-refractivity contribution in [1.82, 2.24) is 10.2 Å². The molecule has 0 radical (unpaired) electrons. The van der Waals surface area contributed by atoms with Crippen LogP contribution in [0.3, 0.4) is 0 Å². The fourth-order valence-electron chi connectivity index (χ4n) is 2.56. The maximum absolute atomic E-state index is 11.7. The van der Waals surface area contributed by atoms with Gasteiger partial charge in [-0.15, -0.1) is 0 Å². The lowest BCUT2D eigenvalue weighted by molar-refractivity contribution is -0.137. The fraction of sp³-hybridized carbons (Fsp3) is 0.846. The van der Waals surface area contributed by atoms with E-state index in [4.69, 9.17) is 5.11 Å². The summed E-state index contributed by atoms with van der Waals surface area (Å²) in [5, 5.41) is 11.7. The van der Waals surface area contributed by atoms with E-state index in [0.717, 1.165) is 45.2 Å². The van der Waals surface area contributed by atoms with Gasteiger partial charge in [0.05, 0.1) is 6.54 Å². The van der Waals surface area contributed by atoms with Crippen LogP contribution in [0.5, 0.6) is 0 Å². The molecule has 0 bridgehead atoms. The van der Waals surface area contributed by atoms with Crippen molar-refractivity contribution in [3.8, 4) is 0 Å². The van der Waals surface area contributed by atoms with Gasteiger partial charge in [0.25, 0.3) is 0 Å². The standard InChI is InChI=1S/C13H22N2O3/c16-12(14-11-4-5-11)9-15-7-1-2-10(8-15)3-6-13(17)18/h10-11H,1-9H2,(H,14,16)(H,17,18). The van der Waals surface area contributed by atoms with Crippen molar-refractivity contribution in [2.75, 3.05) is 19.6 Å². The van der Waals surface area contributed by atoms with E-state index in [1.165, 1.54) is 0 Å². The molecule has 5 nitrogen and oxygen atoms in total. The molecule has 0 aromatic carbocycles. The van der Waals surface area contributed by atoms with E-state index in [0.29, 0.717) is 18.5 Å². The van der Waals surface area contributed by atoms with Gasteiger partial charge >= 0.3 is 5.97 Å². The van der Waals surface area contributed by atoms with Crippen LogP contribution in [0.15, 0.2) is 0 Å². The average molecular weight is 254 g/mol. The number of nitrogens with zero attached hydrogens (tertiary/aromatic N) is 1. The van der Waals surface area contributed by atoms with Crippen LogP contribution in [-0.4, -0.2) is 47.6 Å². The number of amides is 1. The molecule has 1 aliphatic heterocycles. The molecule has 5 heteroatoms. The van der Waals surface area contributed by atoms with E-state index in [1.807, 2.05) is 0 Å². The van der Waals surface area contributed by atoms with Crippen molar-refractivity contribution in [3.63, 3.8) is 0 Å². The second-order valence-electron chi connectivity index (χ2n) is 5.52. The highest BCUT2D eigenvalue weighted by atomic mass is 16.4. The Labute approximate surface area is 108 Å². The topological polar surface area (TPSA) is 69.6 Å². The monoisotopic (exact) mass is 254 g/mol. The smallest absolute Gasteiger partial charge is 0.303 e. The summed E-state index contributed by atoms with van der Waals surface area (Å²) in [6, 6.07) is 0.421. The number of carboxylic acid groups (broad SMARTS) is 1. The van der Waals surface area contributed by atoms with Crippen LogP contribution in [0.1, 0.15) is 38.5 Å². The van der Waals surface area contributed by atoms with E-state index in [-0.39, 0.29) is 12.3 Å². The largest absolute Gasteiger partial charge is 0.481 e. The Bertz CT molecular complexity index is 315. The minimum atomic E-state index is -0.724. The molecular weight excluding hydrogens is 232 g/mol. The highest BCUT2D eigenvalue weighted by molar-refractivity contribution is 5.78. The summed E-state index contributed by atoms with van der Waals surface area (Å²) in [6.45, 7) is 2.30. The highest BCUT2D eigenvalue weighted by Crippen LogP contribution is 2.21. The van der Waals surface area contributed by atoms with Gasteiger partial charge in [-0.1, -0.05) is 0 Å². The fourth-order valence-corrected chi connectivity index (χ4v) is 2.56. The zero-order valence-electron chi connectivity index (χ0n) is 10.7. The second-order valence-corrected chi connectivity index (χ2v) is 5.52. The van der Waals surface area contributed by atoms with Crippen molar-refractivity contribution in [3.05, 3.63) is 0 Å². The SMILES string of the molecule is O=C(O)CCC1CCCN(CC(=O)NC2CC2)C1. The van der Waals surface area contributed by atoms with Crippen LogP contribution in [0.25, 0.3) is 0 Å². The first-order valence-electron chi connectivity index (χ1n) is 6.87. The molecule has 18 heavy (non-hydrogen) atoms. The van der Waals surface area contributed by atoms with E-state index in [1.54, 1.807) is 0 Å². The molecule has 0 spiro atoms. The molecule has 2 aliphatic rings. The molecule has 1 saturated carbocycles. The molecule has 102 valence electrons. The molecule has 0 aromatic rings. The number of nitrogens with one attached hydrogen (secondary N) is 1. The molecule has 1 saturated heterocycles. The molecule has 1 unspecified atom stereocenters. The van der Waals surface area contributed by atoms with Gasteiger partial charge in [0.15, 0.2) is 0 Å². The number of likely N-dealkylation sites (tertiary alicyclic amines) is 1. The van der Waals surface area contributed by atoms with Crippen LogP contribution < -0.4 is 5.32 Å². The number of piperidine rings is 1. The van der Waals surface area contributed by atoms with Gasteiger partial charge in [-0.25, -0.2) is 0 Å². The van der Waals surface area contributed by atoms with E-state index in [2.05, 4.69) is 10.2 Å². The third kappa shape index (κ3) is 4.64. The summed E-state index contributed by atoms with van der Waals surface area (Å²) in [5.74, 6) is -0.168. The van der Waals surface area contributed by atoms with Crippen LogP contribution in [0, 0.1) is 5.92 Å². The normalized spacial score (nSPS) is 24.8. The first-order valence-corrected chi connectivity index (χ1v) is 6.87. The summed E-state index contributed by atoms with van der Waals surface area (Å²) in [7, 11) is 0. The van der Waals surface area contributed by atoms with Crippen molar-refractivity contribution >= 4 is 11.9 Å². The van der Waals surface area contributed by atoms with Gasteiger partial charge in [0.1, 0.15) is 0 Å². The number of hydrogen-bond donors (Lipinski definition) is 2. The Morgan fingerprint density at radius 3 is 2.72 bits per heavy atom. The van der Waals surface area contributed by atoms with E-state index >= 15 is 0 Å². The van der Waals surface area contributed by atoms with Crippen molar-refractivity contribution in [2.24, 2.45) is 5.92 Å². The van der Waals surface area contributed by atoms with Crippen molar-refractivity contribution in [2.45, 2.75) is 44.6 Å². The summed E-state index contributed by atoms with van der Waals surface area (Å²) < 4.78 is 0. The first kappa shape index (κ1) is 13.3. The zero-order valence-corrected chi connectivity index (χ0v) is 10.7. The summed E-state index contributed by atoms with van der Waals surface area (Å²) in [6.07, 6.45) is 5.37. The predicted molar refractivity (Wildman–Crippen MR) is 67.2 cm³/mol. The summed E-state index contributed by atoms with van der Waals surface area (Å²) >= 11 is 0. The van der Waals surface area contributed by atoms with E-state index < -0.39 is 5.97 Å². The molecule has 1 heterocycles. The second kappa shape index (κ2) is 6.18.